The summed E-state index contributed by atoms with van der Waals surface area (Å²) in [6.07, 6.45) is 4.50. The first-order valence-corrected chi connectivity index (χ1v) is 13.1. The van der Waals surface area contributed by atoms with Crippen LogP contribution in [0.4, 0.5) is 0 Å². The summed E-state index contributed by atoms with van der Waals surface area (Å²) in [5.74, 6) is 1.05. The predicted molar refractivity (Wildman–Crippen MR) is 129 cm³/mol. The monoisotopic (exact) mass is 487 g/mol. The summed E-state index contributed by atoms with van der Waals surface area (Å²) in [5.41, 5.74) is 1.52. The van der Waals surface area contributed by atoms with Crippen LogP contribution in [0.1, 0.15) is 63.6 Å². The molecule has 1 N–H and O–H groups in total. The lowest BCUT2D eigenvalue weighted by Crippen LogP contribution is -2.29. The summed E-state index contributed by atoms with van der Waals surface area (Å²) in [7, 11) is -3.98. The molecule has 1 aliphatic rings. The molecule has 0 saturated carbocycles. The van der Waals surface area contributed by atoms with Gasteiger partial charge in [0.2, 0.25) is 0 Å². The van der Waals surface area contributed by atoms with Crippen LogP contribution in [0.15, 0.2) is 35.5 Å². The lowest BCUT2D eigenvalue weighted by Gasteiger charge is -2.26. The number of hydrogen-bond donors (Lipinski definition) is 1. The second-order valence-electron chi connectivity index (χ2n) is 10.2. The fourth-order valence-electron chi connectivity index (χ4n) is 4.22. The summed E-state index contributed by atoms with van der Waals surface area (Å²) in [6.45, 7) is 12.4. The van der Waals surface area contributed by atoms with E-state index in [0.29, 0.717) is 11.4 Å². The maximum atomic E-state index is 13.3. The Morgan fingerprint density at radius 2 is 1.94 bits per heavy atom. The minimum Gasteiger partial charge on any atom is -0.381 e. The standard InChI is InChI=1S/C24H33N5O4S/c1-16(2)26-22(30)18-13-25-29(15-18)34(31,32)19-6-7-21-20(12-19)27-23(24(3,4)5)28(21)14-17-8-10-33-11-9-17/h6-7,12-13,15-17H,8-11,14H2,1-5H3,(H,26,30). The van der Waals surface area contributed by atoms with Crippen molar-refractivity contribution in [2.45, 2.75) is 70.4 Å². The van der Waals surface area contributed by atoms with Crippen LogP contribution in [0.25, 0.3) is 11.0 Å². The Bertz CT molecular complexity index is 1290. The van der Waals surface area contributed by atoms with Crippen LogP contribution >= 0.6 is 0 Å². The van der Waals surface area contributed by atoms with E-state index in [4.69, 9.17) is 9.72 Å². The minimum atomic E-state index is -3.98. The molecule has 0 unspecified atom stereocenters. The van der Waals surface area contributed by atoms with Crippen LogP contribution in [0.5, 0.6) is 0 Å². The Labute approximate surface area is 200 Å². The fourth-order valence-corrected chi connectivity index (χ4v) is 5.36. The highest BCUT2D eigenvalue weighted by Gasteiger charge is 2.27. The van der Waals surface area contributed by atoms with Crippen LogP contribution in [0, 0.1) is 5.92 Å². The molecule has 0 atom stereocenters. The molecule has 0 aliphatic carbocycles. The van der Waals surface area contributed by atoms with Gasteiger partial charge in [0.05, 0.1) is 33.9 Å². The summed E-state index contributed by atoms with van der Waals surface area (Å²) < 4.78 is 35.1. The molecule has 1 amide bonds. The van der Waals surface area contributed by atoms with E-state index in [1.807, 2.05) is 19.9 Å². The van der Waals surface area contributed by atoms with E-state index in [1.54, 1.807) is 12.1 Å². The molecule has 1 fully saturated rings. The normalized spacial score (nSPS) is 15.8. The van der Waals surface area contributed by atoms with Gasteiger partial charge < -0.3 is 14.6 Å². The second-order valence-corrected chi connectivity index (χ2v) is 12.0. The first kappa shape index (κ1) is 24.4. The third kappa shape index (κ3) is 4.88. The third-order valence-electron chi connectivity index (χ3n) is 5.96. The lowest BCUT2D eigenvalue weighted by atomic mass is 9.94. The number of benzene rings is 1. The van der Waals surface area contributed by atoms with Crippen molar-refractivity contribution in [1.82, 2.24) is 24.1 Å². The van der Waals surface area contributed by atoms with E-state index in [0.717, 1.165) is 48.0 Å². The Morgan fingerprint density at radius 1 is 1.24 bits per heavy atom. The van der Waals surface area contributed by atoms with Crippen molar-refractivity contribution < 1.29 is 17.9 Å². The highest BCUT2D eigenvalue weighted by molar-refractivity contribution is 7.89. The molecular weight excluding hydrogens is 454 g/mol. The average molecular weight is 488 g/mol. The summed E-state index contributed by atoms with van der Waals surface area (Å²) >= 11 is 0. The quantitative estimate of drug-likeness (QED) is 0.571. The van der Waals surface area contributed by atoms with E-state index < -0.39 is 10.0 Å². The maximum Gasteiger partial charge on any atom is 0.283 e. The number of rotatable bonds is 6. The molecule has 10 heteroatoms. The van der Waals surface area contributed by atoms with E-state index in [1.165, 1.54) is 12.4 Å². The molecule has 0 spiro atoms. The molecule has 2 aromatic heterocycles. The van der Waals surface area contributed by atoms with E-state index in [9.17, 15) is 13.2 Å². The van der Waals surface area contributed by atoms with Gasteiger partial charge in [-0.2, -0.15) is 17.6 Å². The molecule has 0 radical (unpaired) electrons. The van der Waals surface area contributed by atoms with Crippen LogP contribution in [-0.2, 0) is 26.7 Å². The summed E-state index contributed by atoms with van der Waals surface area (Å²) in [5, 5.41) is 6.68. The van der Waals surface area contributed by atoms with Gasteiger partial charge in [-0.15, -0.1) is 0 Å². The number of aromatic nitrogens is 4. The third-order valence-corrected chi connectivity index (χ3v) is 7.50. The number of fused-ring (bicyclic) bond motifs is 1. The van der Waals surface area contributed by atoms with Crippen molar-refractivity contribution >= 4 is 27.0 Å². The largest absolute Gasteiger partial charge is 0.381 e. The van der Waals surface area contributed by atoms with Crippen molar-refractivity contribution in [2.75, 3.05) is 13.2 Å². The number of imidazole rings is 1. The van der Waals surface area contributed by atoms with E-state index in [-0.39, 0.29) is 27.8 Å². The van der Waals surface area contributed by atoms with Crippen LogP contribution in [0.2, 0.25) is 0 Å². The molecular formula is C24H33N5O4S. The molecule has 34 heavy (non-hydrogen) atoms. The Kier molecular flexibility index (Phi) is 6.56. The van der Waals surface area contributed by atoms with Gasteiger partial charge in [-0.1, -0.05) is 20.8 Å². The van der Waals surface area contributed by atoms with Gasteiger partial charge >= 0.3 is 0 Å². The number of hydrogen-bond acceptors (Lipinski definition) is 6. The van der Waals surface area contributed by atoms with E-state index in [2.05, 4.69) is 35.8 Å². The molecule has 9 nitrogen and oxygen atoms in total. The molecule has 1 aromatic carbocycles. The van der Waals surface area contributed by atoms with Crippen molar-refractivity contribution in [3.8, 4) is 0 Å². The fraction of sp³-hybridized carbons (Fsp3) is 0.542. The van der Waals surface area contributed by atoms with Gasteiger partial charge in [-0.05, 0) is 50.8 Å². The van der Waals surface area contributed by atoms with Crippen molar-refractivity contribution in [1.29, 1.82) is 0 Å². The predicted octanol–water partition coefficient (Wildman–Crippen LogP) is 3.33. The molecule has 184 valence electrons. The van der Waals surface area contributed by atoms with Gasteiger partial charge in [0.15, 0.2) is 0 Å². The Balaban J connectivity index is 1.70. The summed E-state index contributed by atoms with van der Waals surface area (Å²) in [6, 6.07) is 4.93. The average Bonchev–Trinajstić information content (AvgIpc) is 3.40. The van der Waals surface area contributed by atoms with Crippen molar-refractivity contribution in [3.05, 3.63) is 42.0 Å². The molecule has 1 aliphatic heterocycles. The van der Waals surface area contributed by atoms with E-state index >= 15 is 0 Å². The van der Waals surface area contributed by atoms with Gasteiger partial charge in [0.1, 0.15) is 5.82 Å². The first-order valence-electron chi connectivity index (χ1n) is 11.7. The highest BCUT2D eigenvalue weighted by atomic mass is 32.2. The van der Waals surface area contributed by atoms with Crippen LogP contribution in [0.3, 0.4) is 0 Å². The van der Waals surface area contributed by atoms with Crippen LogP contribution in [-0.4, -0.2) is 52.3 Å². The maximum absolute atomic E-state index is 13.3. The molecule has 3 aromatic rings. The Hall–Kier alpha value is -2.72. The number of carbonyl (C=O) groups excluding carboxylic acids is 1. The SMILES string of the molecule is CC(C)NC(=O)c1cnn(S(=O)(=O)c2ccc3c(c2)nc(C(C)(C)C)n3CC2CCOCC2)c1. The number of amides is 1. The van der Waals surface area contributed by atoms with Crippen molar-refractivity contribution in [2.24, 2.45) is 5.92 Å². The topological polar surface area (TPSA) is 108 Å². The van der Waals surface area contributed by atoms with Crippen LogP contribution < -0.4 is 5.32 Å². The zero-order valence-corrected chi connectivity index (χ0v) is 21.2. The molecule has 3 heterocycles. The second kappa shape index (κ2) is 9.14. The van der Waals surface area contributed by atoms with Gasteiger partial charge in [-0.25, -0.2) is 4.98 Å². The first-order chi connectivity index (χ1) is 16.0. The zero-order valence-electron chi connectivity index (χ0n) is 20.4. The van der Waals surface area contributed by atoms with Crippen molar-refractivity contribution in [3.63, 3.8) is 0 Å². The van der Waals surface area contributed by atoms with Gasteiger partial charge in [-0.3, -0.25) is 4.79 Å². The Morgan fingerprint density at radius 3 is 2.59 bits per heavy atom. The number of carbonyl (C=O) groups is 1. The molecule has 0 bridgehead atoms. The minimum absolute atomic E-state index is 0.0666. The molecule has 1 saturated heterocycles. The number of nitrogens with one attached hydrogen (secondary N) is 1. The highest BCUT2D eigenvalue weighted by Crippen LogP contribution is 2.30. The van der Waals surface area contributed by atoms with Gasteiger partial charge in [0.25, 0.3) is 15.9 Å². The smallest absolute Gasteiger partial charge is 0.283 e. The number of nitrogens with zero attached hydrogens (tertiary/aromatic N) is 4. The lowest BCUT2D eigenvalue weighted by molar-refractivity contribution is 0.0611. The number of ether oxygens (including phenoxy) is 1. The summed E-state index contributed by atoms with van der Waals surface area (Å²) in [4.78, 5) is 17.2. The zero-order chi connectivity index (χ0) is 24.7. The molecule has 4 rings (SSSR count). The van der Waals surface area contributed by atoms with Gasteiger partial charge in [0, 0.05) is 31.2 Å².